The Labute approximate surface area is 132 Å². The molecule has 1 aromatic heterocycles. The van der Waals surface area contributed by atoms with Gasteiger partial charge in [0.2, 0.25) is 5.95 Å². The summed E-state index contributed by atoms with van der Waals surface area (Å²) in [6.45, 7) is 3.34. The third-order valence-electron chi connectivity index (χ3n) is 2.62. The van der Waals surface area contributed by atoms with Crippen LogP contribution in [-0.2, 0) is 10.0 Å². The molecule has 0 aliphatic carbocycles. The van der Waals surface area contributed by atoms with Crippen LogP contribution in [0.2, 0.25) is 10.2 Å². The molecule has 2 rings (SSSR count). The second kappa shape index (κ2) is 5.67. The van der Waals surface area contributed by atoms with E-state index < -0.39 is 10.0 Å². The summed E-state index contributed by atoms with van der Waals surface area (Å²) >= 11 is 11.7. The van der Waals surface area contributed by atoms with Crippen LogP contribution in [0.5, 0.6) is 0 Å². The lowest BCUT2D eigenvalue weighted by Gasteiger charge is -2.10. The Hall–Kier alpha value is -1.57. The number of nitrogens with one attached hydrogen (secondary N) is 1. The molecule has 3 N–H and O–H groups in total. The van der Waals surface area contributed by atoms with Crippen LogP contribution in [0.3, 0.4) is 0 Å². The van der Waals surface area contributed by atoms with Crippen molar-refractivity contribution in [2.75, 3.05) is 10.5 Å². The largest absolute Gasteiger partial charge is 0.397 e. The topological polar surface area (TPSA) is 98.0 Å². The molecule has 0 atom stereocenters. The Morgan fingerprint density at radius 1 is 1.14 bits per heavy atom. The van der Waals surface area contributed by atoms with E-state index in [0.717, 1.165) is 0 Å². The van der Waals surface area contributed by atoms with Gasteiger partial charge in [-0.2, -0.15) is 0 Å². The number of rotatable bonds is 3. The molecule has 0 radical (unpaired) electrons. The summed E-state index contributed by atoms with van der Waals surface area (Å²) in [5.41, 5.74) is 6.96. The van der Waals surface area contributed by atoms with Crippen LogP contribution in [0.15, 0.2) is 23.1 Å². The second-order valence-corrected chi connectivity index (χ2v) is 6.85. The lowest BCUT2D eigenvalue weighted by atomic mass is 10.2. The number of benzene rings is 1. The minimum atomic E-state index is -3.88. The van der Waals surface area contributed by atoms with Gasteiger partial charge in [-0.25, -0.2) is 23.1 Å². The maximum absolute atomic E-state index is 12.3. The summed E-state index contributed by atoms with van der Waals surface area (Å²) < 4.78 is 26.9. The molecule has 0 aliphatic rings. The first-order chi connectivity index (χ1) is 9.69. The standard InChI is InChI=1S/C12H12Cl2N4O2S/c1-6-3-8(5-9(15)11(6)14)21(19,20)18-12-16-7(2)4-10(13)17-12/h3-5H,15H2,1-2H3,(H,16,17,18). The van der Waals surface area contributed by atoms with Crippen LogP contribution in [0.4, 0.5) is 11.6 Å². The van der Waals surface area contributed by atoms with Gasteiger partial charge in [0.25, 0.3) is 10.0 Å². The zero-order valence-corrected chi connectivity index (χ0v) is 13.5. The van der Waals surface area contributed by atoms with Gasteiger partial charge in [0.05, 0.1) is 15.6 Å². The van der Waals surface area contributed by atoms with Crippen LogP contribution in [0.25, 0.3) is 0 Å². The maximum atomic E-state index is 12.3. The molecule has 0 spiro atoms. The van der Waals surface area contributed by atoms with E-state index in [9.17, 15) is 8.42 Å². The fraction of sp³-hybridized carbons (Fsp3) is 0.167. The van der Waals surface area contributed by atoms with Crippen molar-refractivity contribution >= 4 is 44.9 Å². The Bertz CT molecular complexity index is 766. The van der Waals surface area contributed by atoms with Crippen molar-refractivity contribution in [3.8, 4) is 0 Å². The van der Waals surface area contributed by atoms with Gasteiger partial charge in [-0.05, 0) is 37.6 Å². The van der Waals surface area contributed by atoms with Crippen LogP contribution in [0.1, 0.15) is 11.3 Å². The second-order valence-electron chi connectivity index (χ2n) is 4.40. The number of hydrogen-bond donors (Lipinski definition) is 2. The van der Waals surface area contributed by atoms with Gasteiger partial charge in [-0.1, -0.05) is 23.2 Å². The first kappa shape index (κ1) is 15.8. The van der Waals surface area contributed by atoms with Gasteiger partial charge in [0.15, 0.2) is 0 Å². The van der Waals surface area contributed by atoms with E-state index in [1.807, 2.05) is 0 Å². The average molecular weight is 347 g/mol. The normalized spacial score (nSPS) is 11.4. The van der Waals surface area contributed by atoms with E-state index in [-0.39, 0.29) is 21.7 Å². The van der Waals surface area contributed by atoms with Crippen molar-refractivity contribution in [2.24, 2.45) is 0 Å². The number of halogens is 2. The molecule has 112 valence electrons. The van der Waals surface area contributed by atoms with Gasteiger partial charge in [-0.3, -0.25) is 0 Å². The highest BCUT2D eigenvalue weighted by Crippen LogP contribution is 2.27. The van der Waals surface area contributed by atoms with Gasteiger partial charge in [0.1, 0.15) is 5.15 Å². The fourth-order valence-corrected chi connectivity index (χ4v) is 3.08. The molecule has 0 bridgehead atoms. The SMILES string of the molecule is Cc1cc(Cl)nc(NS(=O)(=O)c2cc(C)c(Cl)c(N)c2)n1. The Balaban J connectivity index is 2.43. The molecule has 0 saturated heterocycles. The van der Waals surface area contributed by atoms with Gasteiger partial charge >= 0.3 is 0 Å². The zero-order chi connectivity index (χ0) is 15.8. The average Bonchev–Trinajstić information content (AvgIpc) is 2.33. The van der Waals surface area contributed by atoms with Crippen molar-refractivity contribution in [3.63, 3.8) is 0 Å². The lowest BCUT2D eigenvalue weighted by Crippen LogP contribution is -2.16. The van der Waals surface area contributed by atoms with Crippen molar-refractivity contribution in [1.82, 2.24) is 9.97 Å². The van der Waals surface area contributed by atoms with Crippen molar-refractivity contribution in [1.29, 1.82) is 0 Å². The van der Waals surface area contributed by atoms with Crippen LogP contribution in [0, 0.1) is 13.8 Å². The van der Waals surface area contributed by atoms with Crippen molar-refractivity contribution in [2.45, 2.75) is 18.7 Å². The van der Waals surface area contributed by atoms with Crippen molar-refractivity contribution in [3.05, 3.63) is 39.6 Å². The molecule has 9 heteroatoms. The fourth-order valence-electron chi connectivity index (χ4n) is 1.67. The Morgan fingerprint density at radius 2 is 1.81 bits per heavy atom. The molecule has 21 heavy (non-hydrogen) atoms. The third-order valence-corrected chi connectivity index (χ3v) is 4.63. The number of nitrogen functional groups attached to an aromatic ring is 1. The van der Waals surface area contributed by atoms with E-state index in [1.54, 1.807) is 13.8 Å². The van der Waals surface area contributed by atoms with E-state index >= 15 is 0 Å². The van der Waals surface area contributed by atoms with Crippen LogP contribution >= 0.6 is 23.2 Å². The number of aromatic nitrogens is 2. The van der Waals surface area contributed by atoms with Crippen LogP contribution < -0.4 is 10.5 Å². The molecule has 0 aliphatic heterocycles. The van der Waals surface area contributed by atoms with Gasteiger partial charge in [-0.15, -0.1) is 0 Å². The Kier molecular flexibility index (Phi) is 4.27. The van der Waals surface area contributed by atoms with Crippen LogP contribution in [-0.4, -0.2) is 18.4 Å². The van der Waals surface area contributed by atoms with E-state index in [1.165, 1.54) is 18.2 Å². The van der Waals surface area contributed by atoms with E-state index in [4.69, 9.17) is 28.9 Å². The minimum Gasteiger partial charge on any atom is -0.397 e. The summed E-state index contributed by atoms with van der Waals surface area (Å²) in [4.78, 5) is 7.75. The van der Waals surface area contributed by atoms with Gasteiger partial charge in [0, 0.05) is 5.69 Å². The Morgan fingerprint density at radius 3 is 2.38 bits per heavy atom. The summed E-state index contributed by atoms with van der Waals surface area (Å²) in [7, 11) is -3.88. The molecule has 0 unspecified atom stereocenters. The highest BCUT2D eigenvalue weighted by molar-refractivity contribution is 7.92. The summed E-state index contributed by atoms with van der Waals surface area (Å²) in [5, 5.41) is 0.468. The first-order valence-corrected chi connectivity index (χ1v) is 8.02. The molecule has 0 amide bonds. The van der Waals surface area contributed by atoms with Gasteiger partial charge < -0.3 is 5.73 Å². The molecule has 1 aromatic carbocycles. The zero-order valence-electron chi connectivity index (χ0n) is 11.2. The molecule has 0 fully saturated rings. The quantitative estimate of drug-likeness (QED) is 0.657. The first-order valence-electron chi connectivity index (χ1n) is 5.78. The summed E-state index contributed by atoms with van der Waals surface area (Å²) in [6.07, 6.45) is 0. The number of nitrogens with two attached hydrogens (primary N) is 1. The summed E-state index contributed by atoms with van der Waals surface area (Å²) in [5.74, 6) is -0.105. The highest BCUT2D eigenvalue weighted by atomic mass is 35.5. The predicted molar refractivity (Wildman–Crippen MR) is 83.2 cm³/mol. The number of aryl methyl sites for hydroxylation is 2. The monoisotopic (exact) mass is 346 g/mol. The number of sulfonamides is 1. The third kappa shape index (κ3) is 3.55. The number of hydrogen-bond acceptors (Lipinski definition) is 5. The van der Waals surface area contributed by atoms with E-state index in [0.29, 0.717) is 16.3 Å². The highest BCUT2D eigenvalue weighted by Gasteiger charge is 2.18. The lowest BCUT2D eigenvalue weighted by molar-refractivity contribution is 0.600. The molecule has 2 aromatic rings. The molecule has 0 saturated carbocycles. The molecular formula is C12H12Cl2N4O2S. The smallest absolute Gasteiger partial charge is 0.264 e. The summed E-state index contributed by atoms with van der Waals surface area (Å²) in [6, 6.07) is 4.21. The number of nitrogens with zero attached hydrogens (tertiary/aromatic N) is 2. The molecular weight excluding hydrogens is 335 g/mol. The molecule has 1 heterocycles. The maximum Gasteiger partial charge on any atom is 0.264 e. The van der Waals surface area contributed by atoms with E-state index in [2.05, 4.69) is 14.7 Å². The molecule has 6 nitrogen and oxygen atoms in total. The number of anilines is 2. The van der Waals surface area contributed by atoms with Crippen molar-refractivity contribution < 1.29 is 8.42 Å². The predicted octanol–water partition coefficient (Wildman–Crippen LogP) is 2.78. The minimum absolute atomic E-state index is 0.0249.